The molecule has 2 aromatic carbocycles. The van der Waals surface area contributed by atoms with E-state index >= 15 is 0 Å². The van der Waals surface area contributed by atoms with Gasteiger partial charge in [-0.15, -0.1) is 0 Å². The summed E-state index contributed by atoms with van der Waals surface area (Å²) in [6.07, 6.45) is 6.06. The minimum Gasteiger partial charge on any atom is -0.493 e. The molecule has 0 atom stereocenters. The van der Waals surface area contributed by atoms with E-state index in [2.05, 4.69) is 18.3 Å². The van der Waals surface area contributed by atoms with E-state index in [1.807, 2.05) is 45.0 Å². The van der Waals surface area contributed by atoms with Gasteiger partial charge in [0.15, 0.2) is 0 Å². The van der Waals surface area contributed by atoms with E-state index in [1.54, 1.807) is 6.08 Å². The van der Waals surface area contributed by atoms with Gasteiger partial charge in [-0.3, -0.25) is 4.79 Å². The van der Waals surface area contributed by atoms with Gasteiger partial charge in [0.2, 0.25) is 5.91 Å². The van der Waals surface area contributed by atoms with Crippen LogP contribution in [0.1, 0.15) is 54.7 Å². The summed E-state index contributed by atoms with van der Waals surface area (Å²) in [5.74, 6) is 1.71. The molecule has 0 spiro atoms. The highest BCUT2D eigenvalue weighted by Crippen LogP contribution is 2.38. The topological polar surface area (TPSA) is 51.5 Å². The molecule has 1 amide bonds. The molecule has 3 aromatic rings. The lowest BCUT2D eigenvalue weighted by atomic mass is 9.94. The Balaban J connectivity index is 1.67. The number of furan rings is 1. The standard InChI is InChI=1S/C26H29NO3/c1-5-29-24-15-25-22(20-8-6-7-9-23(20)30-25)14-21(24)18(4)13-26(28)27-19-11-10-16(2)17(3)12-19/h10-15H,5-9H2,1-4H3,(H,27,28)/b18-13+. The second-order valence-electron chi connectivity index (χ2n) is 8.10. The molecule has 30 heavy (non-hydrogen) atoms. The van der Waals surface area contributed by atoms with Crippen LogP contribution in [0.25, 0.3) is 16.5 Å². The van der Waals surface area contributed by atoms with Crippen molar-refractivity contribution in [2.75, 3.05) is 11.9 Å². The predicted molar refractivity (Wildman–Crippen MR) is 122 cm³/mol. The maximum Gasteiger partial charge on any atom is 0.248 e. The third-order valence-electron chi connectivity index (χ3n) is 5.90. The van der Waals surface area contributed by atoms with Crippen LogP contribution in [-0.2, 0) is 17.6 Å². The molecule has 4 nitrogen and oxygen atoms in total. The van der Waals surface area contributed by atoms with Crippen LogP contribution in [0.5, 0.6) is 5.75 Å². The van der Waals surface area contributed by atoms with Crippen molar-refractivity contribution in [3.63, 3.8) is 0 Å². The maximum absolute atomic E-state index is 12.7. The number of fused-ring (bicyclic) bond motifs is 3. The Hall–Kier alpha value is -3.01. The molecule has 0 fully saturated rings. The third-order valence-corrected chi connectivity index (χ3v) is 5.90. The van der Waals surface area contributed by atoms with Crippen LogP contribution >= 0.6 is 0 Å². The number of amides is 1. The van der Waals surface area contributed by atoms with Crippen molar-refractivity contribution in [1.82, 2.24) is 0 Å². The van der Waals surface area contributed by atoms with E-state index in [1.165, 1.54) is 24.0 Å². The first-order valence-electron chi connectivity index (χ1n) is 10.7. The molecule has 156 valence electrons. The van der Waals surface area contributed by atoms with Crippen LogP contribution in [0.15, 0.2) is 40.8 Å². The molecule has 0 radical (unpaired) electrons. The number of ether oxygens (including phenoxy) is 1. The van der Waals surface area contributed by atoms with Gasteiger partial charge in [0.25, 0.3) is 0 Å². The number of anilines is 1. The molecule has 1 aliphatic carbocycles. The van der Waals surface area contributed by atoms with Crippen LogP contribution < -0.4 is 10.1 Å². The highest BCUT2D eigenvalue weighted by Gasteiger charge is 2.20. The summed E-state index contributed by atoms with van der Waals surface area (Å²) in [7, 11) is 0. The fourth-order valence-electron chi connectivity index (χ4n) is 4.14. The zero-order valence-corrected chi connectivity index (χ0v) is 18.2. The molecular weight excluding hydrogens is 374 g/mol. The Morgan fingerprint density at radius 2 is 1.93 bits per heavy atom. The first kappa shape index (κ1) is 20.3. The lowest BCUT2D eigenvalue weighted by Gasteiger charge is -2.12. The Labute approximate surface area is 177 Å². The number of carbonyl (C=O) groups excluding carboxylic acids is 1. The first-order valence-corrected chi connectivity index (χ1v) is 10.7. The quantitative estimate of drug-likeness (QED) is 0.504. The fourth-order valence-corrected chi connectivity index (χ4v) is 4.14. The molecular formula is C26H29NO3. The maximum atomic E-state index is 12.7. The summed E-state index contributed by atoms with van der Waals surface area (Å²) in [6.45, 7) is 8.58. The van der Waals surface area contributed by atoms with Crippen molar-refractivity contribution in [3.8, 4) is 5.75 Å². The zero-order chi connectivity index (χ0) is 21.3. The number of hydrogen-bond donors (Lipinski definition) is 1. The molecule has 1 N–H and O–H groups in total. The minimum absolute atomic E-state index is 0.146. The summed E-state index contributed by atoms with van der Waals surface area (Å²) in [6, 6.07) is 10.0. The van der Waals surface area contributed by atoms with Crippen molar-refractivity contribution in [2.24, 2.45) is 0 Å². The molecule has 0 saturated carbocycles. The van der Waals surface area contributed by atoms with Gasteiger partial charge >= 0.3 is 0 Å². The molecule has 0 bridgehead atoms. The molecule has 0 aliphatic heterocycles. The number of carbonyl (C=O) groups is 1. The van der Waals surface area contributed by atoms with Crippen LogP contribution in [0.4, 0.5) is 5.69 Å². The summed E-state index contributed by atoms with van der Waals surface area (Å²) in [5, 5.41) is 4.11. The Bertz CT molecular complexity index is 1140. The van der Waals surface area contributed by atoms with Crippen molar-refractivity contribution in [2.45, 2.75) is 53.4 Å². The Kier molecular flexibility index (Phi) is 5.67. The zero-order valence-electron chi connectivity index (χ0n) is 18.2. The van der Waals surface area contributed by atoms with Crippen molar-refractivity contribution >= 4 is 28.1 Å². The van der Waals surface area contributed by atoms with E-state index in [0.29, 0.717) is 6.61 Å². The normalized spacial score (nSPS) is 13.9. The van der Waals surface area contributed by atoms with Gasteiger partial charge in [-0.05, 0) is 81.9 Å². The molecule has 1 aromatic heterocycles. The van der Waals surface area contributed by atoms with E-state index in [9.17, 15) is 4.79 Å². The fraction of sp³-hybridized carbons (Fsp3) is 0.346. The predicted octanol–water partition coefficient (Wildman–Crippen LogP) is 6.37. The molecule has 4 rings (SSSR count). The number of rotatable bonds is 5. The van der Waals surface area contributed by atoms with E-state index in [-0.39, 0.29) is 5.91 Å². The van der Waals surface area contributed by atoms with Gasteiger partial charge in [0.05, 0.1) is 6.61 Å². The summed E-state index contributed by atoms with van der Waals surface area (Å²) < 4.78 is 12.0. The highest BCUT2D eigenvalue weighted by atomic mass is 16.5. The van der Waals surface area contributed by atoms with Gasteiger partial charge in [-0.25, -0.2) is 0 Å². The van der Waals surface area contributed by atoms with E-state index < -0.39 is 0 Å². The van der Waals surface area contributed by atoms with Gasteiger partial charge in [-0.2, -0.15) is 0 Å². The average Bonchev–Trinajstić information content (AvgIpc) is 3.07. The molecule has 0 unspecified atom stereocenters. The highest BCUT2D eigenvalue weighted by molar-refractivity contribution is 6.04. The van der Waals surface area contributed by atoms with Gasteiger partial charge in [0.1, 0.15) is 17.1 Å². The number of nitrogens with one attached hydrogen (secondary N) is 1. The second kappa shape index (κ2) is 8.39. The van der Waals surface area contributed by atoms with Crippen molar-refractivity contribution in [3.05, 3.63) is 64.4 Å². The van der Waals surface area contributed by atoms with Crippen LogP contribution in [0.2, 0.25) is 0 Å². The average molecular weight is 404 g/mol. The minimum atomic E-state index is -0.146. The largest absolute Gasteiger partial charge is 0.493 e. The van der Waals surface area contributed by atoms with Crippen LogP contribution in [0, 0.1) is 13.8 Å². The Morgan fingerprint density at radius 1 is 1.13 bits per heavy atom. The molecule has 0 saturated heterocycles. The Morgan fingerprint density at radius 3 is 2.70 bits per heavy atom. The number of allylic oxidation sites excluding steroid dienone is 1. The molecule has 1 aliphatic rings. The number of benzene rings is 2. The van der Waals surface area contributed by atoms with Crippen LogP contribution in [-0.4, -0.2) is 12.5 Å². The lowest BCUT2D eigenvalue weighted by molar-refractivity contribution is -0.111. The van der Waals surface area contributed by atoms with Crippen LogP contribution in [0.3, 0.4) is 0 Å². The smallest absolute Gasteiger partial charge is 0.248 e. The summed E-state index contributed by atoms with van der Waals surface area (Å²) in [4.78, 5) is 12.7. The van der Waals surface area contributed by atoms with Gasteiger partial charge in [-0.1, -0.05) is 6.07 Å². The van der Waals surface area contributed by atoms with Crippen molar-refractivity contribution < 1.29 is 13.9 Å². The monoisotopic (exact) mass is 403 g/mol. The number of aryl methyl sites for hydroxylation is 4. The first-order chi connectivity index (χ1) is 14.5. The van der Waals surface area contributed by atoms with Gasteiger partial charge < -0.3 is 14.5 Å². The van der Waals surface area contributed by atoms with E-state index in [4.69, 9.17) is 9.15 Å². The molecule has 1 heterocycles. The molecule has 4 heteroatoms. The SMILES string of the molecule is CCOc1cc2oc3c(c2cc1/C(C)=C/C(=O)Nc1ccc(C)c(C)c1)CCCC3. The van der Waals surface area contributed by atoms with Gasteiger partial charge in [0, 0.05) is 40.8 Å². The third kappa shape index (κ3) is 4.00. The lowest BCUT2D eigenvalue weighted by Crippen LogP contribution is -2.09. The van der Waals surface area contributed by atoms with Crippen molar-refractivity contribution in [1.29, 1.82) is 0 Å². The summed E-state index contributed by atoms with van der Waals surface area (Å²) in [5.41, 5.74) is 7.16. The van der Waals surface area contributed by atoms with E-state index in [0.717, 1.165) is 57.7 Å². The number of hydrogen-bond acceptors (Lipinski definition) is 3. The second-order valence-corrected chi connectivity index (χ2v) is 8.10. The summed E-state index contributed by atoms with van der Waals surface area (Å²) >= 11 is 0.